The minimum Gasteiger partial charge on any atom is -0.465 e. The van der Waals surface area contributed by atoms with Crippen molar-refractivity contribution in [2.24, 2.45) is 0 Å². The Balaban J connectivity index is 1.45. The molecule has 0 saturated heterocycles. The molecule has 154 valence electrons. The molecule has 0 fully saturated rings. The van der Waals surface area contributed by atoms with E-state index >= 15 is 0 Å². The summed E-state index contributed by atoms with van der Waals surface area (Å²) in [5.41, 5.74) is 0.916. The fourth-order valence-electron chi connectivity index (χ4n) is 3.26. The Kier molecular flexibility index (Phi) is 5.72. The summed E-state index contributed by atoms with van der Waals surface area (Å²) in [4.78, 5) is 31.1. The second kappa shape index (κ2) is 8.59. The van der Waals surface area contributed by atoms with Crippen LogP contribution in [0.3, 0.4) is 0 Å². The molecule has 0 radical (unpaired) electrons. The van der Waals surface area contributed by atoms with E-state index in [4.69, 9.17) is 20.8 Å². The highest BCUT2D eigenvalue weighted by Gasteiger charge is 2.29. The lowest BCUT2D eigenvalue weighted by molar-refractivity contribution is -0.121. The molecule has 1 aromatic carbocycles. The molecule has 0 unspecified atom stereocenters. The van der Waals surface area contributed by atoms with Gasteiger partial charge in [-0.3, -0.25) is 9.59 Å². The molecule has 30 heavy (non-hydrogen) atoms. The van der Waals surface area contributed by atoms with Crippen LogP contribution in [-0.2, 0) is 11.3 Å². The zero-order valence-corrected chi connectivity index (χ0v) is 17.1. The number of halogens is 1. The average Bonchev–Trinajstić information content (AvgIpc) is 3.11. The van der Waals surface area contributed by atoms with Gasteiger partial charge in [-0.2, -0.15) is 0 Å². The largest absolute Gasteiger partial charge is 0.465 e. The lowest BCUT2D eigenvalue weighted by Gasteiger charge is -2.22. The number of ether oxygens (including phenoxy) is 1. The third-order valence-electron chi connectivity index (χ3n) is 4.71. The number of aryl methyl sites for hydroxylation is 1. The molecule has 0 bridgehead atoms. The van der Waals surface area contributed by atoms with Crippen molar-refractivity contribution in [2.75, 3.05) is 11.4 Å². The maximum Gasteiger partial charge on any atom is 0.263 e. The summed E-state index contributed by atoms with van der Waals surface area (Å²) in [5.74, 6) is 1.88. The predicted octanol–water partition coefficient (Wildman–Crippen LogP) is 4.49. The van der Waals surface area contributed by atoms with E-state index in [1.54, 1.807) is 41.4 Å². The van der Waals surface area contributed by atoms with Gasteiger partial charge in [-0.25, -0.2) is 4.98 Å². The van der Waals surface area contributed by atoms with Crippen molar-refractivity contribution in [2.45, 2.75) is 26.3 Å². The molecular weight excluding hydrogens is 406 g/mol. The van der Waals surface area contributed by atoms with Gasteiger partial charge in [0.2, 0.25) is 11.8 Å². The molecule has 0 aliphatic carbocycles. The molecule has 1 aliphatic heterocycles. The highest BCUT2D eigenvalue weighted by atomic mass is 35.5. The van der Waals surface area contributed by atoms with Crippen molar-refractivity contribution in [3.05, 3.63) is 70.8 Å². The summed E-state index contributed by atoms with van der Waals surface area (Å²) in [7, 11) is 0. The van der Waals surface area contributed by atoms with Crippen LogP contribution in [0.1, 0.15) is 34.7 Å². The molecule has 2 aromatic heterocycles. The first-order valence-corrected chi connectivity index (χ1v) is 9.95. The van der Waals surface area contributed by atoms with Crippen molar-refractivity contribution in [1.82, 2.24) is 10.3 Å². The van der Waals surface area contributed by atoms with Crippen molar-refractivity contribution in [3.63, 3.8) is 0 Å². The number of pyridine rings is 1. The van der Waals surface area contributed by atoms with Gasteiger partial charge < -0.3 is 19.4 Å². The summed E-state index contributed by atoms with van der Waals surface area (Å²) in [5, 5.41) is 3.31. The number of aromatic nitrogens is 1. The Hall–Kier alpha value is -3.32. The van der Waals surface area contributed by atoms with Crippen LogP contribution in [0.15, 0.2) is 53.1 Å². The van der Waals surface area contributed by atoms with Crippen molar-refractivity contribution in [3.8, 4) is 11.6 Å². The Morgan fingerprint density at radius 3 is 2.90 bits per heavy atom. The lowest BCUT2D eigenvalue weighted by atomic mass is 10.2. The SMILES string of the molecule is Cc1ccc(CNC(=O)CCCN2C(=O)c3cccnc3Oc3ccc(Cl)cc32)o1. The zero-order valence-electron chi connectivity index (χ0n) is 16.4. The minimum absolute atomic E-state index is 0.115. The highest BCUT2D eigenvalue weighted by molar-refractivity contribution is 6.31. The molecule has 2 amide bonds. The first kappa shape index (κ1) is 20.0. The molecule has 0 atom stereocenters. The number of carbonyl (C=O) groups excluding carboxylic acids is 2. The number of carbonyl (C=O) groups is 2. The summed E-state index contributed by atoms with van der Waals surface area (Å²) >= 11 is 6.16. The predicted molar refractivity (Wildman–Crippen MR) is 112 cm³/mol. The zero-order chi connectivity index (χ0) is 21.1. The smallest absolute Gasteiger partial charge is 0.263 e. The van der Waals surface area contributed by atoms with Crippen LogP contribution in [0.4, 0.5) is 5.69 Å². The Morgan fingerprint density at radius 2 is 2.10 bits per heavy atom. The molecule has 1 aliphatic rings. The summed E-state index contributed by atoms with van der Waals surface area (Å²) in [6, 6.07) is 12.1. The molecule has 4 rings (SSSR count). The number of hydrogen-bond acceptors (Lipinski definition) is 5. The number of anilines is 1. The van der Waals surface area contributed by atoms with E-state index in [-0.39, 0.29) is 24.1 Å². The van der Waals surface area contributed by atoms with Crippen molar-refractivity contribution >= 4 is 29.1 Å². The molecular formula is C22H20ClN3O4. The van der Waals surface area contributed by atoms with Gasteiger partial charge in [-0.15, -0.1) is 0 Å². The Labute approximate surface area is 178 Å². The number of fused-ring (bicyclic) bond motifs is 2. The van der Waals surface area contributed by atoms with Crippen LogP contribution in [0, 0.1) is 6.92 Å². The third kappa shape index (κ3) is 4.31. The molecule has 1 N–H and O–H groups in total. The molecule has 0 spiro atoms. The van der Waals surface area contributed by atoms with Crippen molar-refractivity contribution in [1.29, 1.82) is 0 Å². The van der Waals surface area contributed by atoms with Gasteiger partial charge in [0.1, 0.15) is 17.1 Å². The molecule has 0 saturated carbocycles. The number of nitrogens with one attached hydrogen (secondary N) is 1. The van der Waals surface area contributed by atoms with Gasteiger partial charge in [0.25, 0.3) is 5.91 Å². The minimum atomic E-state index is -0.245. The number of hydrogen-bond donors (Lipinski definition) is 1. The molecule has 3 aromatic rings. The first-order chi connectivity index (χ1) is 14.5. The number of benzene rings is 1. The van der Waals surface area contributed by atoms with Gasteiger partial charge in [0.05, 0.1) is 12.2 Å². The maximum absolute atomic E-state index is 13.1. The molecule has 8 heteroatoms. The number of furan rings is 1. The van der Waals surface area contributed by atoms with Crippen LogP contribution < -0.4 is 15.0 Å². The Bertz CT molecular complexity index is 1100. The maximum atomic E-state index is 13.1. The first-order valence-electron chi connectivity index (χ1n) is 9.57. The fraction of sp³-hybridized carbons (Fsp3) is 0.227. The summed E-state index contributed by atoms with van der Waals surface area (Å²) < 4.78 is 11.3. The van der Waals surface area contributed by atoms with E-state index in [1.807, 2.05) is 19.1 Å². The van der Waals surface area contributed by atoms with E-state index in [2.05, 4.69) is 10.3 Å². The van der Waals surface area contributed by atoms with Crippen LogP contribution >= 0.6 is 11.6 Å². The number of nitrogens with zero attached hydrogens (tertiary/aromatic N) is 2. The van der Waals surface area contributed by atoms with E-state index in [0.29, 0.717) is 47.3 Å². The Morgan fingerprint density at radius 1 is 1.23 bits per heavy atom. The summed E-state index contributed by atoms with van der Waals surface area (Å²) in [6.07, 6.45) is 2.30. The standard InChI is InChI=1S/C22H20ClN3O4/c1-14-6-8-16(29-14)13-25-20(27)5-3-11-26-18-12-15(23)7-9-19(18)30-21-17(22(26)28)4-2-10-24-21/h2,4,6-10,12H,3,5,11,13H2,1H3,(H,25,27). The lowest BCUT2D eigenvalue weighted by Crippen LogP contribution is -2.32. The molecule has 7 nitrogen and oxygen atoms in total. The van der Waals surface area contributed by atoms with E-state index < -0.39 is 0 Å². The van der Waals surface area contributed by atoms with E-state index in [1.165, 1.54) is 0 Å². The van der Waals surface area contributed by atoms with Gasteiger partial charge in [0, 0.05) is 24.2 Å². The van der Waals surface area contributed by atoms with Gasteiger partial charge in [0.15, 0.2) is 5.75 Å². The van der Waals surface area contributed by atoms with Crippen molar-refractivity contribution < 1.29 is 18.7 Å². The average molecular weight is 426 g/mol. The van der Waals surface area contributed by atoms with Gasteiger partial charge in [-0.1, -0.05) is 11.6 Å². The van der Waals surface area contributed by atoms with E-state index in [0.717, 1.165) is 5.76 Å². The second-order valence-corrected chi connectivity index (χ2v) is 7.36. The van der Waals surface area contributed by atoms with Crippen LogP contribution in [0.2, 0.25) is 5.02 Å². The second-order valence-electron chi connectivity index (χ2n) is 6.92. The van der Waals surface area contributed by atoms with E-state index in [9.17, 15) is 9.59 Å². The number of amides is 2. The topological polar surface area (TPSA) is 84.7 Å². The monoisotopic (exact) mass is 425 g/mol. The molecule has 3 heterocycles. The number of rotatable bonds is 6. The van der Waals surface area contributed by atoms with Gasteiger partial charge in [-0.05, 0) is 55.8 Å². The fourth-order valence-corrected chi connectivity index (χ4v) is 3.42. The van der Waals surface area contributed by atoms with Crippen LogP contribution in [0.25, 0.3) is 0 Å². The van der Waals surface area contributed by atoms with Gasteiger partial charge >= 0.3 is 0 Å². The third-order valence-corrected chi connectivity index (χ3v) is 4.94. The normalized spacial score (nSPS) is 12.6. The quantitative estimate of drug-likeness (QED) is 0.629. The van der Waals surface area contributed by atoms with Crippen LogP contribution in [0.5, 0.6) is 11.6 Å². The highest BCUT2D eigenvalue weighted by Crippen LogP contribution is 2.39. The summed E-state index contributed by atoms with van der Waals surface area (Å²) in [6.45, 7) is 2.52. The van der Waals surface area contributed by atoms with Crippen LogP contribution in [-0.4, -0.2) is 23.3 Å².